The number of carbonyl (C=O) groups excluding carboxylic acids is 3. The number of hydrogen-bond acceptors (Lipinski definition) is 4. The molecule has 132 valence electrons. The van der Waals surface area contributed by atoms with E-state index < -0.39 is 16.5 Å². The van der Waals surface area contributed by atoms with Crippen LogP contribution in [-0.2, 0) is 19.9 Å². The summed E-state index contributed by atoms with van der Waals surface area (Å²) in [6.07, 6.45) is -0.00155. The van der Waals surface area contributed by atoms with Crippen LogP contribution in [-0.4, -0.2) is 39.7 Å². The van der Waals surface area contributed by atoms with Crippen molar-refractivity contribution in [3.63, 3.8) is 0 Å². The second kappa shape index (κ2) is 4.42. The van der Waals surface area contributed by atoms with E-state index in [1.54, 1.807) is 5.01 Å². The van der Waals surface area contributed by atoms with E-state index in [0.29, 0.717) is 6.54 Å². The first-order valence-corrected chi connectivity index (χ1v) is 8.61. The molecular formula is C19H23N3O3. The Bertz CT molecular complexity index is 823. The molecule has 1 unspecified atom stereocenters. The molecule has 3 heterocycles. The third-order valence-electron chi connectivity index (χ3n) is 5.43. The number of nitrogens with zero attached hydrogens (tertiary/aromatic N) is 3. The molecule has 1 spiro atoms. The molecule has 1 aromatic carbocycles. The molecule has 6 nitrogen and oxygen atoms in total. The maximum atomic E-state index is 13.5. The molecule has 6 heteroatoms. The van der Waals surface area contributed by atoms with Crippen LogP contribution in [0.1, 0.15) is 46.6 Å². The van der Waals surface area contributed by atoms with E-state index in [-0.39, 0.29) is 24.1 Å². The largest absolute Gasteiger partial charge is 0.280 e. The minimum atomic E-state index is -1.24. The van der Waals surface area contributed by atoms with Crippen LogP contribution in [0.5, 0.6) is 0 Å². The van der Waals surface area contributed by atoms with Crippen molar-refractivity contribution in [2.24, 2.45) is 5.41 Å². The van der Waals surface area contributed by atoms with E-state index in [4.69, 9.17) is 0 Å². The number of amides is 3. The van der Waals surface area contributed by atoms with Crippen LogP contribution < -0.4 is 5.01 Å². The summed E-state index contributed by atoms with van der Waals surface area (Å²) in [5, 5.41) is 3.44. The van der Waals surface area contributed by atoms with Gasteiger partial charge >= 0.3 is 0 Å². The Kier molecular flexibility index (Phi) is 2.85. The molecule has 0 aliphatic carbocycles. The zero-order valence-electron chi connectivity index (χ0n) is 15.3. The molecule has 25 heavy (non-hydrogen) atoms. The molecular weight excluding hydrogens is 318 g/mol. The number of anilines is 1. The molecule has 4 rings (SSSR count). The minimum Gasteiger partial charge on any atom is -0.280 e. The van der Waals surface area contributed by atoms with Gasteiger partial charge in [-0.2, -0.15) is 0 Å². The standard InChI is InChI=1S/C19H23N3O3/c1-17(2,3)21-14(23)10-19(16(21)25)12-8-6-7-9-13(12)20-11-18(4,5)15(24)22(19)20/h6-9H,10-11H2,1-5H3. The monoisotopic (exact) mass is 341 g/mol. The number of rotatable bonds is 0. The lowest BCUT2D eigenvalue weighted by Gasteiger charge is -2.36. The third-order valence-corrected chi connectivity index (χ3v) is 5.43. The number of hydrazine groups is 1. The maximum Gasteiger partial charge on any atom is 0.262 e. The highest BCUT2D eigenvalue weighted by molar-refractivity contribution is 6.13. The van der Waals surface area contributed by atoms with Gasteiger partial charge in [-0.3, -0.25) is 24.3 Å². The van der Waals surface area contributed by atoms with Gasteiger partial charge in [0.15, 0.2) is 5.54 Å². The minimum absolute atomic E-state index is 0.00155. The average Bonchev–Trinajstić information content (AvgIpc) is 3.01. The molecule has 0 aromatic heterocycles. The molecule has 0 bridgehead atoms. The maximum absolute atomic E-state index is 13.5. The molecule has 1 atom stereocenters. The van der Waals surface area contributed by atoms with Crippen LogP contribution in [0.15, 0.2) is 24.3 Å². The van der Waals surface area contributed by atoms with Crippen LogP contribution in [0.25, 0.3) is 0 Å². The normalized spacial score (nSPS) is 27.6. The summed E-state index contributed by atoms with van der Waals surface area (Å²) in [4.78, 5) is 40.8. The fraction of sp³-hybridized carbons (Fsp3) is 0.526. The van der Waals surface area contributed by atoms with Crippen LogP contribution >= 0.6 is 0 Å². The fourth-order valence-corrected chi connectivity index (χ4v) is 4.37. The van der Waals surface area contributed by atoms with E-state index in [0.717, 1.165) is 11.3 Å². The van der Waals surface area contributed by atoms with Crippen molar-refractivity contribution < 1.29 is 14.4 Å². The summed E-state index contributed by atoms with van der Waals surface area (Å²) in [7, 11) is 0. The Morgan fingerprint density at radius 1 is 1.00 bits per heavy atom. The molecule has 3 aliphatic heterocycles. The number of benzene rings is 1. The van der Waals surface area contributed by atoms with Crippen LogP contribution in [0.2, 0.25) is 0 Å². The Balaban J connectivity index is 1.96. The molecule has 2 fully saturated rings. The Morgan fingerprint density at radius 3 is 2.24 bits per heavy atom. The summed E-state index contributed by atoms with van der Waals surface area (Å²) in [6.45, 7) is 9.80. The highest BCUT2D eigenvalue weighted by Gasteiger charge is 2.68. The van der Waals surface area contributed by atoms with Crippen LogP contribution in [0.4, 0.5) is 5.69 Å². The number of fused-ring (bicyclic) bond motifs is 5. The number of para-hydroxylation sites is 1. The van der Waals surface area contributed by atoms with Gasteiger partial charge in [-0.05, 0) is 40.7 Å². The van der Waals surface area contributed by atoms with Crippen molar-refractivity contribution in [3.05, 3.63) is 29.8 Å². The van der Waals surface area contributed by atoms with E-state index in [1.807, 2.05) is 63.9 Å². The molecule has 3 amide bonds. The lowest BCUT2D eigenvalue weighted by atomic mass is 9.84. The van der Waals surface area contributed by atoms with Crippen molar-refractivity contribution in [2.45, 2.75) is 52.1 Å². The van der Waals surface area contributed by atoms with Gasteiger partial charge in [0.25, 0.3) is 5.91 Å². The van der Waals surface area contributed by atoms with Crippen molar-refractivity contribution in [1.29, 1.82) is 0 Å². The van der Waals surface area contributed by atoms with Gasteiger partial charge in [-0.15, -0.1) is 0 Å². The summed E-state index contributed by atoms with van der Waals surface area (Å²) < 4.78 is 0. The molecule has 3 aliphatic rings. The van der Waals surface area contributed by atoms with Gasteiger partial charge < -0.3 is 0 Å². The Labute approximate surface area is 147 Å². The van der Waals surface area contributed by atoms with Crippen LogP contribution in [0, 0.1) is 5.41 Å². The van der Waals surface area contributed by atoms with Gasteiger partial charge in [-0.25, -0.2) is 5.01 Å². The van der Waals surface area contributed by atoms with E-state index in [1.165, 1.54) is 4.90 Å². The van der Waals surface area contributed by atoms with Gasteiger partial charge in [0.05, 0.1) is 24.1 Å². The van der Waals surface area contributed by atoms with Crippen molar-refractivity contribution >= 4 is 23.4 Å². The SMILES string of the molecule is CC1(C)CN2c3ccccc3C3(CC(=O)N(C(C)(C)C)C3=O)N2C1=O. The smallest absolute Gasteiger partial charge is 0.262 e. The number of imide groups is 1. The van der Waals surface area contributed by atoms with Gasteiger partial charge in [0.1, 0.15) is 0 Å². The quantitative estimate of drug-likeness (QED) is 0.678. The lowest BCUT2D eigenvalue weighted by molar-refractivity contribution is -0.153. The first-order chi connectivity index (χ1) is 11.5. The van der Waals surface area contributed by atoms with Gasteiger partial charge in [0, 0.05) is 11.1 Å². The summed E-state index contributed by atoms with van der Waals surface area (Å²) in [6, 6.07) is 7.54. The molecule has 0 radical (unpaired) electrons. The zero-order chi connectivity index (χ0) is 18.4. The third kappa shape index (κ3) is 1.77. The highest BCUT2D eigenvalue weighted by atomic mass is 16.2. The summed E-state index contributed by atoms with van der Waals surface area (Å²) in [5.41, 5.74) is -0.870. The van der Waals surface area contributed by atoms with E-state index in [9.17, 15) is 14.4 Å². The second-order valence-electron chi connectivity index (χ2n) is 8.82. The highest BCUT2D eigenvalue weighted by Crippen LogP contribution is 2.55. The predicted octanol–water partition coefficient (Wildman–Crippen LogP) is 2.04. The van der Waals surface area contributed by atoms with Crippen molar-refractivity contribution in [3.8, 4) is 0 Å². The number of carbonyl (C=O) groups is 3. The molecule has 1 aromatic rings. The first-order valence-electron chi connectivity index (χ1n) is 8.61. The van der Waals surface area contributed by atoms with Gasteiger partial charge in [-0.1, -0.05) is 18.2 Å². The fourth-order valence-electron chi connectivity index (χ4n) is 4.37. The topological polar surface area (TPSA) is 60.9 Å². The number of hydrogen-bond donors (Lipinski definition) is 0. The average molecular weight is 341 g/mol. The number of likely N-dealkylation sites (tertiary alicyclic amines) is 1. The van der Waals surface area contributed by atoms with Crippen LogP contribution in [0.3, 0.4) is 0 Å². The first kappa shape index (κ1) is 16.1. The molecule has 0 N–H and O–H groups in total. The Morgan fingerprint density at radius 2 is 1.64 bits per heavy atom. The lowest BCUT2D eigenvalue weighted by Crippen LogP contribution is -2.56. The van der Waals surface area contributed by atoms with E-state index >= 15 is 0 Å². The van der Waals surface area contributed by atoms with E-state index in [2.05, 4.69) is 0 Å². The molecule has 0 saturated carbocycles. The zero-order valence-corrected chi connectivity index (χ0v) is 15.3. The van der Waals surface area contributed by atoms with Crippen molar-refractivity contribution in [1.82, 2.24) is 9.91 Å². The summed E-state index contributed by atoms with van der Waals surface area (Å²) >= 11 is 0. The Hall–Kier alpha value is -2.37. The predicted molar refractivity (Wildman–Crippen MR) is 92.3 cm³/mol. The molecule has 2 saturated heterocycles. The van der Waals surface area contributed by atoms with Gasteiger partial charge in [0.2, 0.25) is 11.8 Å². The summed E-state index contributed by atoms with van der Waals surface area (Å²) in [5.74, 6) is -0.640. The van der Waals surface area contributed by atoms with Crippen molar-refractivity contribution in [2.75, 3.05) is 11.6 Å². The second-order valence-corrected chi connectivity index (χ2v) is 8.82.